The number of hydrogen-bond acceptors (Lipinski definition) is 3. The van der Waals surface area contributed by atoms with Crippen LogP contribution < -0.4 is 10.6 Å². The predicted molar refractivity (Wildman–Crippen MR) is 67.9 cm³/mol. The zero-order chi connectivity index (χ0) is 12.4. The van der Waals surface area contributed by atoms with Crippen molar-refractivity contribution in [1.82, 2.24) is 4.90 Å². The highest BCUT2D eigenvalue weighted by molar-refractivity contribution is 5.86. The molecule has 2 N–H and O–H groups in total. The Hall–Kier alpha value is -1.55. The van der Waals surface area contributed by atoms with Crippen LogP contribution in [0.5, 0.6) is 0 Å². The van der Waals surface area contributed by atoms with Crippen LogP contribution in [0.2, 0.25) is 0 Å². The van der Waals surface area contributed by atoms with Crippen LogP contribution in [0.15, 0.2) is 18.2 Å². The molecule has 4 nitrogen and oxygen atoms in total. The molecule has 0 spiro atoms. The van der Waals surface area contributed by atoms with Crippen molar-refractivity contribution in [2.24, 2.45) is 5.73 Å². The van der Waals surface area contributed by atoms with Crippen LogP contribution >= 0.6 is 0 Å². The van der Waals surface area contributed by atoms with Gasteiger partial charge in [0, 0.05) is 25.2 Å². The summed E-state index contributed by atoms with van der Waals surface area (Å²) in [5, 5.41) is 0. The largest absolute Gasteiger partial charge is 0.368 e. The second-order valence-corrected chi connectivity index (χ2v) is 4.67. The van der Waals surface area contributed by atoms with E-state index in [1.165, 1.54) is 5.56 Å². The standard InChI is InChI=1S/C13H18N3O/c1-15(2)7-8-16-11-6-4-3-5-10(11)9-12(16)13(14)17/h3,5-6,12H,7-9H2,1-2H3,(H2,14,17). The highest BCUT2D eigenvalue weighted by atomic mass is 16.1. The van der Waals surface area contributed by atoms with Gasteiger partial charge in [-0.2, -0.15) is 0 Å². The fourth-order valence-corrected chi connectivity index (χ4v) is 2.22. The normalized spacial score (nSPS) is 18.5. The van der Waals surface area contributed by atoms with Gasteiger partial charge in [-0.25, -0.2) is 0 Å². The maximum atomic E-state index is 11.5. The summed E-state index contributed by atoms with van der Waals surface area (Å²) in [6, 6.07) is 8.69. The zero-order valence-electron chi connectivity index (χ0n) is 10.3. The lowest BCUT2D eigenvalue weighted by Gasteiger charge is -2.26. The van der Waals surface area contributed by atoms with Crippen LogP contribution in [0, 0.1) is 6.07 Å². The lowest BCUT2D eigenvalue weighted by Crippen LogP contribution is -2.45. The Morgan fingerprint density at radius 3 is 3.06 bits per heavy atom. The molecule has 1 aromatic carbocycles. The first kappa shape index (κ1) is 11.9. The molecule has 1 atom stereocenters. The van der Waals surface area contributed by atoms with Gasteiger partial charge in [0.25, 0.3) is 0 Å². The lowest BCUT2D eigenvalue weighted by molar-refractivity contribution is -0.119. The van der Waals surface area contributed by atoms with Crippen molar-refractivity contribution in [2.75, 3.05) is 32.1 Å². The monoisotopic (exact) mass is 232 g/mol. The van der Waals surface area contributed by atoms with Crippen molar-refractivity contribution in [3.63, 3.8) is 0 Å². The van der Waals surface area contributed by atoms with E-state index in [0.29, 0.717) is 6.42 Å². The molecule has 0 saturated heterocycles. The number of hydrogen-bond donors (Lipinski definition) is 1. The number of likely N-dealkylation sites (N-methyl/N-ethyl adjacent to an activating group) is 1. The summed E-state index contributed by atoms with van der Waals surface area (Å²) >= 11 is 0. The van der Waals surface area contributed by atoms with Gasteiger partial charge in [0.05, 0.1) is 0 Å². The number of benzene rings is 1. The number of fused-ring (bicyclic) bond motifs is 1. The number of rotatable bonds is 4. The fraction of sp³-hybridized carbons (Fsp3) is 0.462. The van der Waals surface area contributed by atoms with Gasteiger partial charge in [-0.05, 0) is 31.8 Å². The Morgan fingerprint density at radius 2 is 2.41 bits per heavy atom. The van der Waals surface area contributed by atoms with Gasteiger partial charge in [-0.1, -0.05) is 12.1 Å². The van der Waals surface area contributed by atoms with E-state index in [9.17, 15) is 4.79 Å². The average molecular weight is 232 g/mol. The van der Waals surface area contributed by atoms with Gasteiger partial charge < -0.3 is 15.5 Å². The molecule has 1 aliphatic rings. The molecular weight excluding hydrogens is 214 g/mol. The third-order valence-corrected chi connectivity index (χ3v) is 3.15. The zero-order valence-corrected chi connectivity index (χ0v) is 10.3. The third kappa shape index (κ3) is 2.42. The van der Waals surface area contributed by atoms with Gasteiger partial charge in [0.2, 0.25) is 5.91 Å². The summed E-state index contributed by atoms with van der Waals surface area (Å²) in [4.78, 5) is 15.7. The van der Waals surface area contributed by atoms with E-state index in [-0.39, 0.29) is 11.9 Å². The Labute approximate surface area is 102 Å². The number of nitrogens with two attached hydrogens (primary N) is 1. The van der Waals surface area contributed by atoms with Crippen LogP contribution in [0.25, 0.3) is 0 Å². The van der Waals surface area contributed by atoms with Crippen LogP contribution in [0.1, 0.15) is 5.56 Å². The summed E-state index contributed by atoms with van der Waals surface area (Å²) < 4.78 is 0. The molecule has 0 saturated carbocycles. The van der Waals surface area contributed by atoms with E-state index in [1.807, 2.05) is 32.3 Å². The van der Waals surface area contributed by atoms with E-state index >= 15 is 0 Å². The third-order valence-electron chi connectivity index (χ3n) is 3.15. The van der Waals surface area contributed by atoms with E-state index < -0.39 is 0 Å². The van der Waals surface area contributed by atoms with Crippen LogP contribution in [-0.4, -0.2) is 44.0 Å². The first-order valence-corrected chi connectivity index (χ1v) is 5.79. The molecule has 1 amide bonds. The smallest absolute Gasteiger partial charge is 0.240 e. The second-order valence-electron chi connectivity index (χ2n) is 4.67. The molecule has 0 bridgehead atoms. The second kappa shape index (κ2) is 4.75. The molecular formula is C13H18N3O. The molecule has 1 heterocycles. The molecule has 0 aromatic heterocycles. The van der Waals surface area contributed by atoms with Gasteiger partial charge in [-0.15, -0.1) is 0 Å². The molecule has 4 heteroatoms. The van der Waals surface area contributed by atoms with E-state index in [4.69, 9.17) is 5.73 Å². The summed E-state index contributed by atoms with van der Waals surface area (Å²) in [7, 11) is 4.04. The van der Waals surface area contributed by atoms with Crippen LogP contribution in [-0.2, 0) is 11.2 Å². The number of amides is 1. The molecule has 17 heavy (non-hydrogen) atoms. The number of anilines is 1. The number of carbonyl (C=O) groups excluding carboxylic acids is 1. The molecule has 1 unspecified atom stereocenters. The molecule has 91 valence electrons. The van der Waals surface area contributed by atoms with Crippen molar-refractivity contribution in [2.45, 2.75) is 12.5 Å². The van der Waals surface area contributed by atoms with Crippen molar-refractivity contribution in [3.05, 3.63) is 29.8 Å². The molecule has 1 radical (unpaired) electrons. The first-order chi connectivity index (χ1) is 8.09. The van der Waals surface area contributed by atoms with Gasteiger partial charge in [0.15, 0.2) is 0 Å². The van der Waals surface area contributed by atoms with Crippen LogP contribution in [0.3, 0.4) is 0 Å². The maximum absolute atomic E-state index is 11.5. The summed E-state index contributed by atoms with van der Waals surface area (Å²) in [6.45, 7) is 1.71. The van der Waals surface area contributed by atoms with Gasteiger partial charge in [-0.3, -0.25) is 4.79 Å². The molecule has 0 aliphatic carbocycles. The number of primary amides is 1. The average Bonchev–Trinajstić information content (AvgIpc) is 2.65. The molecule has 1 aliphatic heterocycles. The van der Waals surface area contributed by atoms with E-state index in [0.717, 1.165) is 18.8 Å². The van der Waals surface area contributed by atoms with Crippen molar-refractivity contribution in [3.8, 4) is 0 Å². The number of carbonyl (C=O) groups is 1. The highest BCUT2D eigenvalue weighted by Crippen LogP contribution is 2.31. The van der Waals surface area contributed by atoms with E-state index in [2.05, 4.69) is 15.9 Å². The minimum Gasteiger partial charge on any atom is -0.368 e. The topological polar surface area (TPSA) is 49.6 Å². The van der Waals surface area contributed by atoms with Gasteiger partial charge in [0.1, 0.15) is 6.04 Å². The van der Waals surface area contributed by atoms with Crippen molar-refractivity contribution in [1.29, 1.82) is 0 Å². The maximum Gasteiger partial charge on any atom is 0.240 e. The quantitative estimate of drug-likeness (QED) is 0.810. The Morgan fingerprint density at radius 1 is 1.65 bits per heavy atom. The van der Waals surface area contributed by atoms with Gasteiger partial charge >= 0.3 is 0 Å². The summed E-state index contributed by atoms with van der Waals surface area (Å²) in [5.41, 5.74) is 7.75. The van der Waals surface area contributed by atoms with E-state index in [1.54, 1.807) is 0 Å². The molecule has 2 rings (SSSR count). The molecule has 1 aromatic rings. The Kier molecular flexibility index (Phi) is 3.33. The lowest BCUT2D eigenvalue weighted by atomic mass is 10.1. The molecule has 0 fully saturated rings. The predicted octanol–water partition coefficient (Wildman–Crippen LogP) is 0.265. The summed E-state index contributed by atoms with van der Waals surface area (Å²) in [6.07, 6.45) is 0.715. The Bertz CT molecular complexity index is 417. The van der Waals surface area contributed by atoms with Crippen LogP contribution in [0.4, 0.5) is 5.69 Å². The van der Waals surface area contributed by atoms with Crippen molar-refractivity contribution < 1.29 is 4.79 Å². The van der Waals surface area contributed by atoms with Crippen molar-refractivity contribution >= 4 is 11.6 Å². The SMILES string of the molecule is CN(C)CCN1c2c[c]ccc2CC1C(N)=O. The minimum absolute atomic E-state index is 0.208. The fourth-order valence-electron chi connectivity index (χ4n) is 2.22. The summed E-state index contributed by atoms with van der Waals surface area (Å²) in [5.74, 6) is -0.250. The Balaban J connectivity index is 2.21. The minimum atomic E-state index is -0.250. The first-order valence-electron chi connectivity index (χ1n) is 5.79. The number of nitrogens with zero attached hydrogens (tertiary/aromatic N) is 2. The highest BCUT2D eigenvalue weighted by Gasteiger charge is 2.32.